The highest BCUT2D eigenvalue weighted by molar-refractivity contribution is 5.82. The molecule has 0 radical (unpaired) electrons. The van der Waals surface area contributed by atoms with Crippen LogP contribution < -0.4 is 10.6 Å². The van der Waals surface area contributed by atoms with Gasteiger partial charge >= 0.3 is 12.1 Å². The first kappa shape index (κ1) is 16.7. The molecule has 0 saturated heterocycles. The van der Waals surface area contributed by atoms with Crippen LogP contribution in [0.15, 0.2) is 0 Å². The maximum atomic E-state index is 12.1. The second-order valence-electron chi connectivity index (χ2n) is 5.33. The van der Waals surface area contributed by atoms with Crippen molar-refractivity contribution in [2.75, 3.05) is 20.6 Å². The molecule has 1 fully saturated rings. The second kappa shape index (κ2) is 6.92. The van der Waals surface area contributed by atoms with Gasteiger partial charge in [0.05, 0.1) is 6.54 Å². The molecule has 8 heteroatoms. The molecule has 0 atom stereocenters. The number of amides is 2. The first-order valence-corrected chi connectivity index (χ1v) is 6.50. The molecule has 0 heterocycles. The van der Waals surface area contributed by atoms with E-state index >= 15 is 0 Å². The molecule has 0 spiro atoms. The Morgan fingerprint density at radius 3 is 1.90 bits per heavy atom. The molecule has 1 aliphatic carbocycles. The topological polar surface area (TPSA) is 61.4 Å². The summed E-state index contributed by atoms with van der Waals surface area (Å²) in [6.45, 7) is 0.282. The number of likely N-dealkylation sites (N-methyl/N-ethyl adjacent to an activating group) is 1. The van der Waals surface area contributed by atoms with E-state index in [1.54, 1.807) is 19.0 Å². The Hall–Kier alpha value is -1.31. The first-order chi connectivity index (χ1) is 9.18. The maximum Gasteiger partial charge on any atom is 0.471 e. The number of carbonyl (C=O) groups is 2. The van der Waals surface area contributed by atoms with Crippen LogP contribution in [-0.2, 0) is 9.59 Å². The highest BCUT2D eigenvalue weighted by Gasteiger charge is 2.40. The summed E-state index contributed by atoms with van der Waals surface area (Å²) < 4.78 is 36.3. The number of carbonyl (C=O) groups excluding carboxylic acids is 2. The minimum atomic E-state index is -4.84. The van der Waals surface area contributed by atoms with Crippen LogP contribution in [0.4, 0.5) is 13.2 Å². The fourth-order valence-corrected chi connectivity index (χ4v) is 2.21. The average molecular weight is 295 g/mol. The van der Waals surface area contributed by atoms with Gasteiger partial charge in [0.15, 0.2) is 0 Å². The van der Waals surface area contributed by atoms with Crippen LogP contribution in [0.25, 0.3) is 0 Å². The molecule has 0 bridgehead atoms. The third-order valence-electron chi connectivity index (χ3n) is 3.14. The lowest BCUT2D eigenvalue weighted by atomic mass is 9.91. The third kappa shape index (κ3) is 5.77. The molecule has 20 heavy (non-hydrogen) atoms. The summed E-state index contributed by atoms with van der Waals surface area (Å²) in [7, 11) is 3.56. The first-order valence-electron chi connectivity index (χ1n) is 6.50. The summed E-state index contributed by atoms with van der Waals surface area (Å²) in [5.74, 6) is -1.99. The van der Waals surface area contributed by atoms with Gasteiger partial charge in [-0.05, 0) is 39.8 Å². The molecular formula is C12H20F3N3O2. The smallest absolute Gasteiger partial charge is 0.352 e. The van der Waals surface area contributed by atoms with Gasteiger partial charge in [-0.15, -0.1) is 0 Å². The molecule has 116 valence electrons. The van der Waals surface area contributed by atoms with Crippen molar-refractivity contribution in [2.24, 2.45) is 0 Å². The quantitative estimate of drug-likeness (QED) is 0.801. The molecule has 0 unspecified atom stereocenters. The van der Waals surface area contributed by atoms with Crippen molar-refractivity contribution >= 4 is 11.8 Å². The zero-order valence-electron chi connectivity index (χ0n) is 11.6. The van der Waals surface area contributed by atoms with Crippen LogP contribution in [0.1, 0.15) is 25.7 Å². The summed E-state index contributed by atoms with van der Waals surface area (Å²) in [5, 5.41) is 4.82. The van der Waals surface area contributed by atoms with Crippen LogP contribution >= 0.6 is 0 Å². The molecule has 5 nitrogen and oxygen atoms in total. The van der Waals surface area contributed by atoms with Crippen molar-refractivity contribution in [3.8, 4) is 0 Å². The zero-order valence-corrected chi connectivity index (χ0v) is 11.6. The van der Waals surface area contributed by atoms with Gasteiger partial charge in [-0.3, -0.25) is 9.59 Å². The van der Waals surface area contributed by atoms with Crippen molar-refractivity contribution in [1.82, 2.24) is 15.5 Å². The predicted molar refractivity (Wildman–Crippen MR) is 66.9 cm³/mol. The third-order valence-corrected chi connectivity index (χ3v) is 3.14. The van der Waals surface area contributed by atoms with Crippen LogP contribution in [0.5, 0.6) is 0 Å². The lowest BCUT2D eigenvalue weighted by Gasteiger charge is -2.30. The zero-order chi connectivity index (χ0) is 15.3. The Morgan fingerprint density at radius 2 is 1.50 bits per heavy atom. The van der Waals surface area contributed by atoms with E-state index < -0.39 is 18.1 Å². The highest BCUT2D eigenvalue weighted by Crippen LogP contribution is 2.21. The summed E-state index contributed by atoms with van der Waals surface area (Å²) in [5.41, 5.74) is 0. The molecule has 1 rings (SSSR count). The van der Waals surface area contributed by atoms with E-state index in [1.165, 1.54) is 0 Å². The number of hydrogen-bond acceptors (Lipinski definition) is 3. The molecular weight excluding hydrogens is 275 g/mol. The van der Waals surface area contributed by atoms with Gasteiger partial charge in [-0.25, -0.2) is 0 Å². The fourth-order valence-electron chi connectivity index (χ4n) is 2.21. The monoisotopic (exact) mass is 295 g/mol. The number of halogens is 3. The van der Waals surface area contributed by atoms with Crippen LogP contribution in [0.2, 0.25) is 0 Å². The molecule has 0 aromatic rings. The Morgan fingerprint density at radius 1 is 1.05 bits per heavy atom. The van der Waals surface area contributed by atoms with Crippen LogP contribution in [0.3, 0.4) is 0 Å². The standard InChI is InChI=1S/C12H20F3N3O2/c1-18(2)7-10(19)16-8-3-5-9(6-4-8)17-11(20)12(13,14)15/h8-9H,3-7H2,1-2H3,(H,16,19)(H,17,20). The maximum absolute atomic E-state index is 12.1. The summed E-state index contributed by atoms with van der Waals surface area (Å²) in [6.07, 6.45) is -2.82. The van der Waals surface area contributed by atoms with E-state index in [4.69, 9.17) is 0 Å². The highest BCUT2D eigenvalue weighted by atomic mass is 19.4. The molecule has 0 aromatic heterocycles. The van der Waals surface area contributed by atoms with Crippen LogP contribution in [-0.4, -0.2) is 55.6 Å². The van der Waals surface area contributed by atoms with Gasteiger partial charge in [0, 0.05) is 12.1 Å². The molecule has 0 aliphatic heterocycles. The van der Waals surface area contributed by atoms with Gasteiger partial charge in [-0.2, -0.15) is 13.2 Å². The van der Waals surface area contributed by atoms with Crippen LogP contribution in [0, 0.1) is 0 Å². The largest absolute Gasteiger partial charge is 0.471 e. The van der Waals surface area contributed by atoms with Crippen molar-refractivity contribution in [2.45, 2.75) is 43.9 Å². The minimum Gasteiger partial charge on any atom is -0.352 e. The summed E-state index contributed by atoms with van der Waals surface area (Å²) in [4.78, 5) is 24.1. The Kier molecular flexibility index (Phi) is 5.79. The minimum absolute atomic E-state index is 0.0264. The van der Waals surface area contributed by atoms with Gasteiger partial charge in [0.2, 0.25) is 5.91 Å². The molecule has 1 saturated carbocycles. The Balaban J connectivity index is 2.30. The number of nitrogens with zero attached hydrogens (tertiary/aromatic N) is 1. The van der Waals surface area contributed by atoms with Crippen molar-refractivity contribution in [1.29, 1.82) is 0 Å². The summed E-state index contributed by atoms with van der Waals surface area (Å²) in [6, 6.07) is -0.493. The van der Waals surface area contributed by atoms with Gasteiger partial charge in [0.25, 0.3) is 0 Å². The van der Waals surface area contributed by atoms with E-state index in [1.807, 2.05) is 5.32 Å². The van der Waals surface area contributed by atoms with E-state index in [2.05, 4.69) is 5.32 Å². The molecule has 2 amide bonds. The van der Waals surface area contributed by atoms with Gasteiger partial charge in [-0.1, -0.05) is 0 Å². The van der Waals surface area contributed by atoms with Crippen molar-refractivity contribution in [3.63, 3.8) is 0 Å². The SMILES string of the molecule is CN(C)CC(=O)NC1CCC(NC(=O)C(F)(F)F)CC1. The van der Waals surface area contributed by atoms with E-state index in [9.17, 15) is 22.8 Å². The van der Waals surface area contributed by atoms with E-state index in [0.717, 1.165) is 0 Å². The number of alkyl halides is 3. The van der Waals surface area contributed by atoms with Gasteiger partial charge in [0.1, 0.15) is 0 Å². The van der Waals surface area contributed by atoms with Crippen molar-refractivity contribution < 1.29 is 22.8 Å². The number of rotatable bonds is 4. The average Bonchev–Trinajstić information content (AvgIpc) is 2.29. The summed E-state index contributed by atoms with van der Waals surface area (Å²) >= 11 is 0. The number of hydrogen-bond donors (Lipinski definition) is 2. The van der Waals surface area contributed by atoms with E-state index in [-0.39, 0.29) is 18.5 Å². The lowest BCUT2D eigenvalue weighted by molar-refractivity contribution is -0.174. The van der Waals surface area contributed by atoms with E-state index in [0.29, 0.717) is 25.7 Å². The Labute approximate surface area is 115 Å². The molecule has 1 aliphatic rings. The fraction of sp³-hybridized carbons (Fsp3) is 0.833. The predicted octanol–water partition coefficient (Wildman–Crippen LogP) is 0.654. The van der Waals surface area contributed by atoms with Crippen molar-refractivity contribution in [3.05, 3.63) is 0 Å². The number of nitrogens with one attached hydrogen (secondary N) is 2. The lowest BCUT2D eigenvalue weighted by Crippen LogP contribution is -2.48. The normalized spacial score (nSPS) is 23.5. The molecule has 2 N–H and O–H groups in total. The second-order valence-corrected chi connectivity index (χ2v) is 5.33. The Bertz CT molecular complexity index is 350. The van der Waals surface area contributed by atoms with Gasteiger partial charge < -0.3 is 15.5 Å². The molecule has 0 aromatic carbocycles.